The van der Waals surface area contributed by atoms with Gasteiger partial charge in [-0.3, -0.25) is 9.58 Å². The summed E-state index contributed by atoms with van der Waals surface area (Å²) in [6, 6.07) is 1.65. The van der Waals surface area contributed by atoms with Gasteiger partial charge in [0.05, 0.1) is 5.69 Å². The molecule has 6 heteroatoms. The third-order valence-electron chi connectivity index (χ3n) is 3.18. The molecule has 6 nitrogen and oxygen atoms in total. The molecule has 0 bridgehead atoms. The zero-order valence-electron chi connectivity index (χ0n) is 10.3. The molecule has 1 aromatic rings. The lowest BCUT2D eigenvalue weighted by Gasteiger charge is -2.32. The molecular formula is C11H18N4O2. The van der Waals surface area contributed by atoms with E-state index in [0.717, 1.165) is 38.4 Å². The molecule has 1 N–H and O–H groups in total. The SMILES string of the molecule is CN1CCN(Cc2cc(C(=O)O)nn2C)CC1. The van der Waals surface area contributed by atoms with E-state index >= 15 is 0 Å². The maximum atomic E-state index is 10.8. The number of aryl methyl sites for hydroxylation is 1. The third kappa shape index (κ3) is 2.83. The molecule has 0 aromatic carbocycles. The summed E-state index contributed by atoms with van der Waals surface area (Å²) in [5.41, 5.74) is 1.07. The standard InChI is InChI=1S/C11H18N4O2/c1-13-3-5-15(6-4-13)8-9-7-10(11(16)17)12-14(9)2/h7H,3-6,8H2,1-2H3,(H,16,17). The second-order valence-electron chi connectivity index (χ2n) is 4.53. The minimum Gasteiger partial charge on any atom is -0.476 e. The minimum absolute atomic E-state index is 0.122. The van der Waals surface area contributed by atoms with Gasteiger partial charge in [0.25, 0.3) is 0 Å². The highest BCUT2D eigenvalue weighted by Gasteiger charge is 2.17. The minimum atomic E-state index is -0.967. The van der Waals surface area contributed by atoms with Crippen molar-refractivity contribution in [1.82, 2.24) is 19.6 Å². The van der Waals surface area contributed by atoms with Crippen molar-refractivity contribution < 1.29 is 9.90 Å². The number of likely N-dealkylation sites (N-methyl/N-ethyl adjacent to an activating group) is 1. The summed E-state index contributed by atoms with van der Waals surface area (Å²) in [7, 11) is 3.90. The summed E-state index contributed by atoms with van der Waals surface area (Å²) in [6.45, 7) is 4.92. The van der Waals surface area contributed by atoms with E-state index < -0.39 is 5.97 Å². The van der Waals surface area contributed by atoms with Gasteiger partial charge in [0.15, 0.2) is 5.69 Å². The van der Waals surface area contributed by atoms with Crippen molar-refractivity contribution in [3.8, 4) is 0 Å². The molecule has 0 spiro atoms. The van der Waals surface area contributed by atoms with Gasteiger partial charge in [-0.05, 0) is 13.1 Å². The van der Waals surface area contributed by atoms with Crippen LogP contribution in [-0.4, -0.2) is 63.9 Å². The van der Waals surface area contributed by atoms with Crippen molar-refractivity contribution in [3.05, 3.63) is 17.5 Å². The van der Waals surface area contributed by atoms with Gasteiger partial charge in [0.1, 0.15) is 0 Å². The molecule has 2 rings (SSSR count). The number of hydrogen-bond acceptors (Lipinski definition) is 4. The van der Waals surface area contributed by atoms with Gasteiger partial charge in [-0.1, -0.05) is 0 Å². The molecule has 0 aliphatic carbocycles. The van der Waals surface area contributed by atoms with Crippen molar-refractivity contribution in [3.63, 3.8) is 0 Å². The summed E-state index contributed by atoms with van der Waals surface area (Å²) in [4.78, 5) is 15.4. The predicted molar refractivity (Wildman–Crippen MR) is 62.9 cm³/mol. The van der Waals surface area contributed by atoms with Crippen molar-refractivity contribution in [2.24, 2.45) is 7.05 Å². The highest BCUT2D eigenvalue weighted by Crippen LogP contribution is 2.09. The molecule has 0 saturated carbocycles. The topological polar surface area (TPSA) is 61.6 Å². The van der Waals surface area contributed by atoms with E-state index in [4.69, 9.17) is 5.11 Å². The van der Waals surface area contributed by atoms with Crippen LogP contribution in [0, 0.1) is 0 Å². The maximum Gasteiger partial charge on any atom is 0.356 e. The Labute approximate surface area is 100 Å². The van der Waals surface area contributed by atoms with Crippen LogP contribution < -0.4 is 0 Å². The number of aromatic carboxylic acids is 1. The van der Waals surface area contributed by atoms with Crippen LogP contribution in [0.1, 0.15) is 16.2 Å². The van der Waals surface area contributed by atoms with Crippen molar-refractivity contribution >= 4 is 5.97 Å². The van der Waals surface area contributed by atoms with Gasteiger partial charge in [0, 0.05) is 39.8 Å². The molecule has 1 aliphatic heterocycles. The van der Waals surface area contributed by atoms with Crippen LogP contribution in [0.3, 0.4) is 0 Å². The number of hydrogen-bond donors (Lipinski definition) is 1. The lowest BCUT2D eigenvalue weighted by molar-refractivity contribution is 0.0689. The second kappa shape index (κ2) is 4.85. The van der Waals surface area contributed by atoms with E-state index in [1.807, 2.05) is 0 Å². The van der Waals surface area contributed by atoms with Crippen LogP contribution in [0.25, 0.3) is 0 Å². The Morgan fingerprint density at radius 1 is 1.35 bits per heavy atom. The van der Waals surface area contributed by atoms with Crippen LogP contribution in [0.5, 0.6) is 0 Å². The number of rotatable bonds is 3. The molecule has 1 aromatic heterocycles. The average Bonchev–Trinajstić information content (AvgIpc) is 2.64. The van der Waals surface area contributed by atoms with Crippen LogP contribution in [0.15, 0.2) is 6.07 Å². The first-order valence-electron chi connectivity index (χ1n) is 5.73. The predicted octanol–water partition coefficient (Wildman–Crippen LogP) is -0.134. The zero-order valence-corrected chi connectivity index (χ0v) is 10.3. The maximum absolute atomic E-state index is 10.8. The zero-order chi connectivity index (χ0) is 12.4. The van der Waals surface area contributed by atoms with E-state index in [-0.39, 0.29) is 5.69 Å². The Morgan fingerprint density at radius 3 is 2.53 bits per heavy atom. The molecule has 17 heavy (non-hydrogen) atoms. The number of carboxylic acid groups (broad SMARTS) is 1. The van der Waals surface area contributed by atoms with Crippen LogP contribution in [-0.2, 0) is 13.6 Å². The third-order valence-corrected chi connectivity index (χ3v) is 3.18. The molecule has 2 heterocycles. The van der Waals surface area contributed by atoms with Crippen LogP contribution in [0.2, 0.25) is 0 Å². The Kier molecular flexibility index (Phi) is 3.44. The first-order chi connectivity index (χ1) is 8.06. The van der Waals surface area contributed by atoms with Crippen molar-refractivity contribution in [1.29, 1.82) is 0 Å². The van der Waals surface area contributed by atoms with Gasteiger partial charge in [0.2, 0.25) is 0 Å². The number of carboxylic acids is 1. The van der Waals surface area contributed by atoms with E-state index in [2.05, 4.69) is 21.9 Å². The molecule has 94 valence electrons. The Morgan fingerprint density at radius 2 is 2.00 bits per heavy atom. The number of piperazine rings is 1. The van der Waals surface area contributed by atoms with E-state index in [9.17, 15) is 4.79 Å². The summed E-state index contributed by atoms with van der Waals surface area (Å²) in [6.07, 6.45) is 0. The fraction of sp³-hybridized carbons (Fsp3) is 0.636. The van der Waals surface area contributed by atoms with Gasteiger partial charge in [-0.25, -0.2) is 4.79 Å². The molecule has 1 fully saturated rings. The molecule has 0 unspecified atom stereocenters. The smallest absolute Gasteiger partial charge is 0.356 e. The Bertz CT molecular complexity index is 408. The summed E-state index contributed by atoms with van der Waals surface area (Å²) < 4.78 is 1.65. The highest BCUT2D eigenvalue weighted by molar-refractivity contribution is 5.85. The van der Waals surface area contributed by atoms with Gasteiger partial charge in [-0.15, -0.1) is 0 Å². The number of carbonyl (C=O) groups is 1. The number of aromatic nitrogens is 2. The van der Waals surface area contributed by atoms with E-state index in [1.165, 1.54) is 0 Å². The molecule has 1 saturated heterocycles. The molecule has 0 atom stereocenters. The Balaban J connectivity index is 2.01. The van der Waals surface area contributed by atoms with Crippen LogP contribution >= 0.6 is 0 Å². The molecular weight excluding hydrogens is 220 g/mol. The summed E-state index contributed by atoms with van der Waals surface area (Å²) in [5.74, 6) is -0.967. The summed E-state index contributed by atoms with van der Waals surface area (Å²) in [5, 5.41) is 12.8. The lowest BCUT2D eigenvalue weighted by Crippen LogP contribution is -2.44. The highest BCUT2D eigenvalue weighted by atomic mass is 16.4. The normalized spacial score (nSPS) is 18.5. The summed E-state index contributed by atoms with van der Waals surface area (Å²) >= 11 is 0. The van der Waals surface area contributed by atoms with Crippen LogP contribution in [0.4, 0.5) is 0 Å². The molecule has 1 aliphatic rings. The second-order valence-corrected chi connectivity index (χ2v) is 4.53. The largest absolute Gasteiger partial charge is 0.476 e. The first kappa shape index (κ1) is 12.1. The lowest BCUT2D eigenvalue weighted by atomic mass is 10.3. The monoisotopic (exact) mass is 238 g/mol. The van der Waals surface area contributed by atoms with E-state index in [1.54, 1.807) is 17.8 Å². The average molecular weight is 238 g/mol. The van der Waals surface area contributed by atoms with Crippen molar-refractivity contribution in [2.75, 3.05) is 33.2 Å². The van der Waals surface area contributed by atoms with Gasteiger partial charge < -0.3 is 10.0 Å². The first-order valence-corrected chi connectivity index (χ1v) is 5.73. The fourth-order valence-electron chi connectivity index (χ4n) is 1.99. The molecule has 0 amide bonds. The van der Waals surface area contributed by atoms with Crippen molar-refractivity contribution in [2.45, 2.75) is 6.54 Å². The quantitative estimate of drug-likeness (QED) is 0.794. The fourth-order valence-corrected chi connectivity index (χ4v) is 1.99. The Hall–Kier alpha value is -1.40. The number of nitrogens with zero attached hydrogens (tertiary/aromatic N) is 4. The van der Waals surface area contributed by atoms with Gasteiger partial charge >= 0.3 is 5.97 Å². The molecule has 0 radical (unpaired) electrons. The van der Waals surface area contributed by atoms with E-state index in [0.29, 0.717) is 0 Å². The van der Waals surface area contributed by atoms with Gasteiger partial charge in [-0.2, -0.15) is 5.10 Å².